The standard InChI is InChI=1S/C14H13N3S/c1-2-4-12-10(3-1)13-11(5-8-18-12)14-15-6-7-17(14)9-16-13/h1-4,9H,5-8H2. The summed E-state index contributed by atoms with van der Waals surface area (Å²) in [6, 6.07) is 8.55. The molecule has 0 saturated carbocycles. The number of hydrogen-bond donors (Lipinski definition) is 0. The Hall–Kier alpha value is -1.55. The van der Waals surface area contributed by atoms with Gasteiger partial charge in [-0.3, -0.25) is 4.99 Å². The van der Waals surface area contributed by atoms with Crippen molar-refractivity contribution < 1.29 is 0 Å². The molecule has 18 heavy (non-hydrogen) atoms. The summed E-state index contributed by atoms with van der Waals surface area (Å²) in [7, 11) is 0. The second-order valence-electron chi connectivity index (χ2n) is 4.57. The molecule has 0 saturated heterocycles. The molecule has 0 fully saturated rings. The predicted molar refractivity (Wildman–Crippen MR) is 76.2 cm³/mol. The van der Waals surface area contributed by atoms with E-state index in [4.69, 9.17) is 0 Å². The fourth-order valence-corrected chi connectivity index (χ4v) is 3.69. The molecule has 3 heterocycles. The minimum Gasteiger partial charge on any atom is -0.315 e. The van der Waals surface area contributed by atoms with Crippen LogP contribution in [-0.4, -0.2) is 35.9 Å². The van der Waals surface area contributed by atoms with Gasteiger partial charge in [0.1, 0.15) is 5.84 Å². The monoisotopic (exact) mass is 255 g/mol. The van der Waals surface area contributed by atoms with Crippen molar-refractivity contribution in [2.45, 2.75) is 11.3 Å². The molecule has 3 aliphatic rings. The van der Waals surface area contributed by atoms with Gasteiger partial charge < -0.3 is 4.90 Å². The highest BCUT2D eigenvalue weighted by molar-refractivity contribution is 7.99. The van der Waals surface area contributed by atoms with Crippen molar-refractivity contribution in [3.05, 3.63) is 35.4 Å². The van der Waals surface area contributed by atoms with E-state index in [9.17, 15) is 0 Å². The van der Waals surface area contributed by atoms with E-state index in [1.54, 1.807) is 0 Å². The van der Waals surface area contributed by atoms with Crippen LogP contribution in [0.2, 0.25) is 0 Å². The lowest BCUT2D eigenvalue weighted by molar-refractivity contribution is 0.677. The molecule has 0 N–H and O–H groups in total. The zero-order valence-electron chi connectivity index (χ0n) is 9.97. The minimum atomic E-state index is 0.896. The number of rotatable bonds is 0. The van der Waals surface area contributed by atoms with E-state index in [0.29, 0.717) is 0 Å². The molecule has 1 aromatic rings. The van der Waals surface area contributed by atoms with E-state index in [1.807, 2.05) is 18.1 Å². The van der Waals surface area contributed by atoms with E-state index in [1.165, 1.54) is 16.0 Å². The van der Waals surface area contributed by atoms with Crippen molar-refractivity contribution in [2.75, 3.05) is 18.8 Å². The molecule has 0 unspecified atom stereocenters. The quantitative estimate of drug-likeness (QED) is 0.713. The van der Waals surface area contributed by atoms with E-state index in [-0.39, 0.29) is 0 Å². The zero-order valence-corrected chi connectivity index (χ0v) is 10.8. The summed E-state index contributed by atoms with van der Waals surface area (Å²) in [5.74, 6) is 2.26. The summed E-state index contributed by atoms with van der Waals surface area (Å²) in [4.78, 5) is 12.8. The van der Waals surface area contributed by atoms with Crippen LogP contribution in [0.4, 0.5) is 0 Å². The number of nitrogens with zero attached hydrogens (tertiary/aromatic N) is 3. The van der Waals surface area contributed by atoms with Crippen molar-refractivity contribution in [3.63, 3.8) is 0 Å². The van der Waals surface area contributed by atoms with E-state index in [2.05, 4.69) is 39.2 Å². The average molecular weight is 255 g/mol. The summed E-state index contributed by atoms with van der Waals surface area (Å²) >= 11 is 1.92. The lowest BCUT2D eigenvalue weighted by atomic mass is 10.0. The van der Waals surface area contributed by atoms with Crippen LogP contribution in [0.3, 0.4) is 0 Å². The molecular weight excluding hydrogens is 242 g/mol. The third-order valence-corrected chi connectivity index (χ3v) is 4.58. The van der Waals surface area contributed by atoms with Gasteiger partial charge in [0.25, 0.3) is 0 Å². The first-order valence-electron chi connectivity index (χ1n) is 6.24. The fraction of sp³-hybridized carbons (Fsp3) is 0.286. The van der Waals surface area contributed by atoms with Gasteiger partial charge >= 0.3 is 0 Å². The summed E-state index contributed by atoms with van der Waals surface area (Å²) in [6.07, 6.45) is 3.00. The van der Waals surface area contributed by atoms with Crippen LogP contribution in [0.1, 0.15) is 12.0 Å². The summed E-state index contributed by atoms with van der Waals surface area (Å²) in [5.41, 5.74) is 3.72. The zero-order chi connectivity index (χ0) is 11.9. The second kappa shape index (κ2) is 3.99. The third kappa shape index (κ3) is 1.45. The maximum atomic E-state index is 4.68. The Morgan fingerprint density at radius 2 is 2.17 bits per heavy atom. The molecule has 1 aromatic carbocycles. The van der Waals surface area contributed by atoms with Crippen molar-refractivity contribution in [2.24, 2.45) is 9.98 Å². The van der Waals surface area contributed by atoms with Gasteiger partial charge in [-0.15, -0.1) is 11.8 Å². The maximum absolute atomic E-state index is 4.68. The first-order valence-corrected chi connectivity index (χ1v) is 7.23. The van der Waals surface area contributed by atoms with E-state index in [0.717, 1.165) is 36.8 Å². The molecule has 4 rings (SSSR count). The van der Waals surface area contributed by atoms with Crippen LogP contribution in [0, 0.1) is 0 Å². The smallest absolute Gasteiger partial charge is 0.134 e. The van der Waals surface area contributed by atoms with Crippen LogP contribution in [0.15, 0.2) is 44.7 Å². The number of aliphatic imine (C=N–C) groups is 2. The number of fused-ring (bicyclic) bond motifs is 4. The molecule has 4 heteroatoms. The Labute approximate surface area is 110 Å². The minimum absolute atomic E-state index is 0.896. The van der Waals surface area contributed by atoms with Gasteiger partial charge in [0, 0.05) is 28.3 Å². The van der Waals surface area contributed by atoms with Crippen molar-refractivity contribution in [1.82, 2.24) is 4.90 Å². The summed E-state index contributed by atoms with van der Waals surface area (Å²) < 4.78 is 0. The molecule has 3 nitrogen and oxygen atoms in total. The SMILES string of the molecule is C1=NC2=C(CCSc3ccccc32)C2=NCCN12. The lowest BCUT2D eigenvalue weighted by Gasteiger charge is -2.22. The highest BCUT2D eigenvalue weighted by Gasteiger charge is 2.28. The molecule has 90 valence electrons. The molecule has 0 amide bonds. The van der Waals surface area contributed by atoms with E-state index >= 15 is 0 Å². The Kier molecular flexibility index (Phi) is 2.30. The Bertz CT molecular complexity index is 601. The molecule has 0 aliphatic carbocycles. The molecular formula is C14H13N3S. The van der Waals surface area contributed by atoms with Crippen LogP contribution in [-0.2, 0) is 0 Å². The van der Waals surface area contributed by atoms with Gasteiger partial charge in [0.15, 0.2) is 0 Å². The molecule has 0 bridgehead atoms. The topological polar surface area (TPSA) is 28.0 Å². The Morgan fingerprint density at radius 1 is 1.22 bits per heavy atom. The molecule has 0 aromatic heterocycles. The van der Waals surface area contributed by atoms with Crippen LogP contribution in [0.25, 0.3) is 5.70 Å². The van der Waals surface area contributed by atoms with Crippen LogP contribution >= 0.6 is 11.8 Å². The number of thioether (sulfide) groups is 1. The van der Waals surface area contributed by atoms with E-state index < -0.39 is 0 Å². The molecule has 3 aliphatic heterocycles. The lowest BCUT2D eigenvalue weighted by Crippen LogP contribution is -2.30. The number of hydrogen-bond acceptors (Lipinski definition) is 4. The summed E-state index contributed by atoms with van der Waals surface area (Å²) in [5, 5.41) is 0. The molecule has 0 spiro atoms. The van der Waals surface area contributed by atoms with Gasteiger partial charge in [-0.05, 0) is 12.5 Å². The second-order valence-corrected chi connectivity index (χ2v) is 5.70. The van der Waals surface area contributed by atoms with Gasteiger partial charge in [-0.25, -0.2) is 4.99 Å². The average Bonchev–Trinajstić information content (AvgIpc) is 2.80. The van der Waals surface area contributed by atoms with Crippen LogP contribution < -0.4 is 0 Å². The maximum Gasteiger partial charge on any atom is 0.134 e. The highest BCUT2D eigenvalue weighted by Crippen LogP contribution is 2.38. The normalized spacial score (nSPS) is 21.1. The van der Waals surface area contributed by atoms with Gasteiger partial charge in [0.05, 0.1) is 18.6 Å². The first kappa shape index (κ1) is 10.4. The first-order chi connectivity index (χ1) is 8.93. The van der Waals surface area contributed by atoms with Gasteiger partial charge in [-0.2, -0.15) is 0 Å². The number of amidine groups is 1. The predicted octanol–water partition coefficient (Wildman–Crippen LogP) is 2.65. The third-order valence-electron chi connectivity index (χ3n) is 3.51. The summed E-state index contributed by atoms with van der Waals surface area (Å²) in [6.45, 7) is 1.87. The fourth-order valence-electron chi connectivity index (χ4n) is 2.67. The number of benzene rings is 1. The molecule has 0 atom stereocenters. The molecule has 0 radical (unpaired) electrons. The van der Waals surface area contributed by atoms with Crippen LogP contribution in [0.5, 0.6) is 0 Å². The van der Waals surface area contributed by atoms with Gasteiger partial charge in [0.2, 0.25) is 0 Å². The highest BCUT2D eigenvalue weighted by atomic mass is 32.2. The Morgan fingerprint density at radius 3 is 3.17 bits per heavy atom. The Balaban J connectivity index is 1.93. The largest absolute Gasteiger partial charge is 0.315 e. The van der Waals surface area contributed by atoms with Crippen molar-refractivity contribution >= 4 is 29.6 Å². The van der Waals surface area contributed by atoms with Crippen molar-refractivity contribution in [3.8, 4) is 0 Å². The van der Waals surface area contributed by atoms with Gasteiger partial charge in [-0.1, -0.05) is 18.2 Å². The van der Waals surface area contributed by atoms with Crippen molar-refractivity contribution in [1.29, 1.82) is 0 Å².